The fraction of sp³-hybridized carbons (Fsp3) is 0.389. The molecule has 0 unspecified atom stereocenters. The lowest BCUT2D eigenvalue weighted by atomic mass is 10.1. The summed E-state index contributed by atoms with van der Waals surface area (Å²) in [7, 11) is 1.70. The van der Waals surface area contributed by atoms with Gasteiger partial charge < -0.3 is 10.0 Å². The number of nitrogens with zero attached hydrogens (tertiary/aromatic N) is 3. The number of halogens is 1. The summed E-state index contributed by atoms with van der Waals surface area (Å²) in [5.41, 5.74) is 1.84. The smallest absolute Gasteiger partial charge is 0.256 e. The van der Waals surface area contributed by atoms with Crippen LogP contribution in [0.25, 0.3) is 0 Å². The molecule has 1 amide bonds. The van der Waals surface area contributed by atoms with Gasteiger partial charge in [-0.25, -0.2) is 4.98 Å². The van der Waals surface area contributed by atoms with E-state index in [1.54, 1.807) is 43.1 Å². The molecule has 0 radical (unpaired) electrons. The molecule has 2 aromatic rings. The number of benzene rings is 1. The van der Waals surface area contributed by atoms with Crippen LogP contribution in [-0.2, 0) is 24.7 Å². The van der Waals surface area contributed by atoms with Crippen LogP contribution in [0.5, 0.6) is 0 Å². The summed E-state index contributed by atoms with van der Waals surface area (Å²) in [6.45, 7) is 2.60. The summed E-state index contributed by atoms with van der Waals surface area (Å²) in [6, 6.07) is 6.56. The van der Waals surface area contributed by atoms with Gasteiger partial charge in [0.05, 0.1) is 5.69 Å². The van der Waals surface area contributed by atoms with Crippen molar-refractivity contribution in [3.63, 3.8) is 0 Å². The SMILES string of the molecule is Cc1nc2c(c(=O)n1C)CCN(C(=O)[C@@H](O)c1ccc(Cl)cc1)CC2. The van der Waals surface area contributed by atoms with Crippen molar-refractivity contribution >= 4 is 17.5 Å². The molecule has 1 aromatic heterocycles. The summed E-state index contributed by atoms with van der Waals surface area (Å²) in [5.74, 6) is 0.286. The highest BCUT2D eigenvalue weighted by Crippen LogP contribution is 2.20. The first kappa shape index (κ1) is 17.6. The molecule has 7 heteroatoms. The molecule has 1 atom stereocenters. The van der Waals surface area contributed by atoms with Gasteiger partial charge in [0.2, 0.25) is 0 Å². The van der Waals surface area contributed by atoms with Crippen molar-refractivity contribution in [2.24, 2.45) is 7.05 Å². The Balaban J connectivity index is 1.79. The van der Waals surface area contributed by atoms with Crippen LogP contribution in [0, 0.1) is 6.92 Å². The van der Waals surface area contributed by atoms with E-state index in [0.717, 1.165) is 5.69 Å². The predicted octanol–water partition coefficient (Wildman–Crippen LogP) is 1.40. The Bertz CT molecular complexity index is 861. The number of aliphatic hydroxyl groups is 1. The van der Waals surface area contributed by atoms with Crippen LogP contribution in [0.2, 0.25) is 5.02 Å². The van der Waals surface area contributed by atoms with E-state index >= 15 is 0 Å². The summed E-state index contributed by atoms with van der Waals surface area (Å²) in [5, 5.41) is 10.9. The molecule has 0 saturated heterocycles. The van der Waals surface area contributed by atoms with E-state index in [2.05, 4.69) is 4.98 Å². The van der Waals surface area contributed by atoms with Gasteiger partial charge in [0.1, 0.15) is 5.82 Å². The van der Waals surface area contributed by atoms with E-state index in [1.165, 1.54) is 4.57 Å². The first-order valence-electron chi connectivity index (χ1n) is 8.16. The molecular formula is C18H20ClN3O3. The maximum atomic E-state index is 12.6. The van der Waals surface area contributed by atoms with Gasteiger partial charge in [-0.1, -0.05) is 23.7 Å². The third-order valence-electron chi connectivity index (χ3n) is 4.67. The fourth-order valence-corrected chi connectivity index (χ4v) is 3.18. The lowest BCUT2D eigenvalue weighted by molar-refractivity contribution is -0.140. The summed E-state index contributed by atoms with van der Waals surface area (Å²) in [6.07, 6.45) is -0.296. The minimum absolute atomic E-state index is 0.0601. The second kappa shape index (κ2) is 6.98. The Labute approximate surface area is 150 Å². The molecule has 0 spiro atoms. The molecule has 1 aromatic carbocycles. The van der Waals surface area contributed by atoms with Crippen molar-refractivity contribution in [3.05, 3.63) is 62.3 Å². The number of aromatic nitrogens is 2. The van der Waals surface area contributed by atoms with Crippen molar-refractivity contribution in [1.29, 1.82) is 0 Å². The molecule has 2 heterocycles. The number of rotatable bonds is 2. The van der Waals surface area contributed by atoms with Crippen LogP contribution in [-0.4, -0.2) is 38.6 Å². The maximum absolute atomic E-state index is 12.6. The van der Waals surface area contributed by atoms with Crippen molar-refractivity contribution in [3.8, 4) is 0 Å². The molecule has 3 rings (SSSR count). The number of amides is 1. The van der Waals surface area contributed by atoms with Crippen LogP contribution in [0.1, 0.15) is 28.7 Å². The van der Waals surface area contributed by atoms with Gasteiger partial charge in [0.15, 0.2) is 6.10 Å². The normalized spacial score (nSPS) is 15.4. The van der Waals surface area contributed by atoms with E-state index < -0.39 is 6.10 Å². The Morgan fingerprint density at radius 2 is 1.88 bits per heavy atom. The monoisotopic (exact) mass is 361 g/mol. The average Bonchev–Trinajstić information content (AvgIpc) is 2.82. The van der Waals surface area contributed by atoms with E-state index in [1.807, 2.05) is 0 Å². The third-order valence-corrected chi connectivity index (χ3v) is 4.93. The Morgan fingerprint density at radius 3 is 2.56 bits per heavy atom. The zero-order valence-electron chi connectivity index (χ0n) is 14.2. The topological polar surface area (TPSA) is 75.4 Å². The van der Waals surface area contributed by atoms with Crippen molar-refractivity contribution in [2.75, 3.05) is 13.1 Å². The second-order valence-corrected chi connectivity index (χ2v) is 6.66. The summed E-state index contributed by atoms with van der Waals surface area (Å²) >= 11 is 5.84. The molecule has 1 aliphatic heterocycles. The average molecular weight is 362 g/mol. The second-order valence-electron chi connectivity index (χ2n) is 6.23. The highest BCUT2D eigenvalue weighted by Gasteiger charge is 2.27. The van der Waals surface area contributed by atoms with Gasteiger partial charge in [0, 0.05) is 37.1 Å². The number of carbonyl (C=O) groups is 1. The van der Waals surface area contributed by atoms with Crippen LogP contribution in [0.4, 0.5) is 0 Å². The van der Waals surface area contributed by atoms with E-state index in [9.17, 15) is 14.7 Å². The van der Waals surface area contributed by atoms with Gasteiger partial charge in [-0.2, -0.15) is 0 Å². The Hall–Kier alpha value is -2.18. The molecular weight excluding hydrogens is 342 g/mol. The highest BCUT2D eigenvalue weighted by atomic mass is 35.5. The van der Waals surface area contributed by atoms with Crippen LogP contribution < -0.4 is 5.56 Å². The molecule has 0 aliphatic carbocycles. The minimum Gasteiger partial charge on any atom is -0.378 e. The van der Waals surface area contributed by atoms with Crippen LogP contribution in [0.3, 0.4) is 0 Å². The first-order valence-corrected chi connectivity index (χ1v) is 8.54. The fourth-order valence-electron chi connectivity index (χ4n) is 3.05. The number of hydrogen-bond acceptors (Lipinski definition) is 4. The number of carbonyl (C=O) groups excluding carboxylic acids is 1. The minimum atomic E-state index is -1.24. The molecule has 0 fully saturated rings. The molecule has 1 N–H and O–H groups in total. The zero-order chi connectivity index (χ0) is 18.1. The van der Waals surface area contributed by atoms with E-state index in [-0.39, 0.29) is 11.5 Å². The van der Waals surface area contributed by atoms with Crippen molar-refractivity contribution in [1.82, 2.24) is 14.5 Å². The van der Waals surface area contributed by atoms with Gasteiger partial charge in [-0.3, -0.25) is 14.2 Å². The standard InChI is InChI=1S/C18H20ClN3O3/c1-11-20-15-8-10-22(9-7-14(15)17(24)21(11)2)18(25)16(23)12-3-5-13(19)6-4-12/h3-6,16,23H,7-10H2,1-2H3/t16-/m0/s1. The van der Waals surface area contributed by atoms with Crippen molar-refractivity contribution < 1.29 is 9.90 Å². The molecule has 0 bridgehead atoms. The van der Waals surface area contributed by atoms with Crippen molar-refractivity contribution in [2.45, 2.75) is 25.9 Å². The van der Waals surface area contributed by atoms with Crippen LogP contribution >= 0.6 is 11.6 Å². The molecule has 0 saturated carbocycles. The predicted molar refractivity (Wildman–Crippen MR) is 94.6 cm³/mol. The summed E-state index contributed by atoms with van der Waals surface area (Å²) in [4.78, 5) is 31.1. The van der Waals surface area contributed by atoms with Crippen LogP contribution in [0.15, 0.2) is 29.1 Å². The number of aryl methyl sites for hydroxylation is 1. The van der Waals surface area contributed by atoms with Gasteiger partial charge in [-0.15, -0.1) is 0 Å². The molecule has 132 valence electrons. The van der Waals surface area contributed by atoms with E-state index in [0.29, 0.717) is 47.9 Å². The largest absolute Gasteiger partial charge is 0.378 e. The molecule has 1 aliphatic rings. The lowest BCUT2D eigenvalue weighted by Gasteiger charge is -2.23. The summed E-state index contributed by atoms with van der Waals surface area (Å²) < 4.78 is 1.53. The Kier molecular flexibility index (Phi) is 4.92. The number of aliphatic hydroxyl groups excluding tert-OH is 1. The highest BCUT2D eigenvalue weighted by molar-refractivity contribution is 6.30. The van der Waals surface area contributed by atoms with Gasteiger partial charge in [-0.05, 0) is 31.0 Å². The van der Waals surface area contributed by atoms with Gasteiger partial charge in [0.25, 0.3) is 11.5 Å². The first-order chi connectivity index (χ1) is 11.9. The molecule has 6 nitrogen and oxygen atoms in total. The molecule has 25 heavy (non-hydrogen) atoms. The Morgan fingerprint density at radius 1 is 1.24 bits per heavy atom. The van der Waals surface area contributed by atoms with Gasteiger partial charge >= 0.3 is 0 Å². The number of hydrogen-bond donors (Lipinski definition) is 1. The maximum Gasteiger partial charge on any atom is 0.256 e. The zero-order valence-corrected chi connectivity index (χ0v) is 15.0. The number of fused-ring (bicyclic) bond motifs is 1. The van der Waals surface area contributed by atoms with E-state index in [4.69, 9.17) is 11.6 Å². The quantitative estimate of drug-likeness (QED) is 0.877. The lowest BCUT2D eigenvalue weighted by Crippen LogP contribution is -2.37. The third kappa shape index (κ3) is 3.45.